The zero-order chi connectivity index (χ0) is 18.2. The van der Waals surface area contributed by atoms with E-state index in [9.17, 15) is 24.6 Å². The molecule has 0 saturated carbocycles. The molecular formula is C19H17NO5-2. The average molecular weight is 339 g/mol. The van der Waals surface area contributed by atoms with Crippen molar-refractivity contribution >= 4 is 17.8 Å². The van der Waals surface area contributed by atoms with Gasteiger partial charge in [-0.3, -0.25) is 4.79 Å². The van der Waals surface area contributed by atoms with Gasteiger partial charge in [0.15, 0.2) is 0 Å². The van der Waals surface area contributed by atoms with Crippen molar-refractivity contribution < 1.29 is 24.6 Å². The molecule has 1 amide bonds. The maximum absolute atomic E-state index is 12.7. The third kappa shape index (κ3) is 5.17. The van der Waals surface area contributed by atoms with Crippen molar-refractivity contribution in [2.75, 3.05) is 0 Å². The number of carboxylic acids is 2. The van der Waals surface area contributed by atoms with Gasteiger partial charge in [-0.2, -0.15) is 0 Å². The van der Waals surface area contributed by atoms with Crippen LogP contribution in [0.3, 0.4) is 0 Å². The molecule has 0 aliphatic heterocycles. The molecule has 1 atom stereocenters. The zero-order valence-corrected chi connectivity index (χ0v) is 13.4. The molecule has 2 rings (SSSR count). The van der Waals surface area contributed by atoms with E-state index in [1.54, 1.807) is 48.5 Å². The minimum absolute atomic E-state index is 0.299. The van der Waals surface area contributed by atoms with Gasteiger partial charge in [0.05, 0.1) is 17.9 Å². The fourth-order valence-corrected chi connectivity index (χ4v) is 2.55. The standard InChI is InChI=1S/C19H19NO5/c21-16(22)12-11-15(19(24)25)20-18(23)17(13-7-3-1-4-8-13)14-9-5-2-6-10-14/h1-10,15,17H,11-12H2,(H,20,23)(H,21,22)(H,24,25)/p-2/t15-/m1/s1. The second-order valence-corrected chi connectivity index (χ2v) is 5.55. The first kappa shape index (κ1) is 18.2. The van der Waals surface area contributed by atoms with Gasteiger partial charge in [0, 0.05) is 5.97 Å². The predicted octanol–water partition coefficient (Wildman–Crippen LogP) is -0.417. The van der Waals surface area contributed by atoms with Crippen LogP contribution >= 0.6 is 0 Å². The normalized spacial score (nSPS) is 11.7. The molecule has 0 bridgehead atoms. The summed E-state index contributed by atoms with van der Waals surface area (Å²) < 4.78 is 0. The highest BCUT2D eigenvalue weighted by molar-refractivity contribution is 5.90. The largest absolute Gasteiger partial charge is 0.550 e. The summed E-state index contributed by atoms with van der Waals surface area (Å²) in [5.41, 5.74) is 1.39. The van der Waals surface area contributed by atoms with Crippen LogP contribution in [0.1, 0.15) is 29.9 Å². The number of carbonyl (C=O) groups excluding carboxylic acids is 3. The number of nitrogens with one attached hydrogen (secondary N) is 1. The first-order valence-corrected chi connectivity index (χ1v) is 7.80. The highest BCUT2D eigenvalue weighted by Crippen LogP contribution is 2.25. The van der Waals surface area contributed by atoms with Crippen LogP contribution in [-0.4, -0.2) is 23.9 Å². The molecule has 2 aromatic rings. The van der Waals surface area contributed by atoms with E-state index in [4.69, 9.17) is 0 Å². The number of carbonyl (C=O) groups is 3. The molecule has 0 fully saturated rings. The Bertz CT molecular complexity index is 690. The lowest BCUT2D eigenvalue weighted by Gasteiger charge is -2.24. The van der Waals surface area contributed by atoms with Gasteiger partial charge in [0.25, 0.3) is 0 Å². The van der Waals surface area contributed by atoms with Gasteiger partial charge in [-0.05, 0) is 24.0 Å². The van der Waals surface area contributed by atoms with Crippen molar-refractivity contribution in [2.24, 2.45) is 0 Å². The lowest BCUT2D eigenvalue weighted by atomic mass is 9.90. The van der Waals surface area contributed by atoms with Crippen LogP contribution in [0.25, 0.3) is 0 Å². The zero-order valence-electron chi connectivity index (χ0n) is 13.4. The lowest BCUT2D eigenvalue weighted by molar-refractivity contribution is -0.310. The van der Waals surface area contributed by atoms with Crippen molar-refractivity contribution in [3.05, 3.63) is 71.8 Å². The van der Waals surface area contributed by atoms with E-state index in [0.29, 0.717) is 11.1 Å². The van der Waals surface area contributed by atoms with Gasteiger partial charge in [-0.25, -0.2) is 0 Å². The quantitative estimate of drug-likeness (QED) is 0.703. The van der Waals surface area contributed by atoms with Gasteiger partial charge in [-0.1, -0.05) is 60.7 Å². The maximum Gasteiger partial charge on any atom is 0.232 e. The molecule has 0 saturated heterocycles. The molecule has 6 heteroatoms. The molecular weight excluding hydrogens is 322 g/mol. The minimum atomic E-state index is -1.53. The van der Waals surface area contributed by atoms with Crippen LogP contribution in [0.15, 0.2) is 60.7 Å². The molecule has 1 N–H and O–H groups in total. The molecule has 0 spiro atoms. The Balaban J connectivity index is 2.26. The van der Waals surface area contributed by atoms with Crippen molar-refractivity contribution in [2.45, 2.75) is 24.8 Å². The highest BCUT2D eigenvalue weighted by atomic mass is 16.4. The molecule has 0 radical (unpaired) electrons. The number of hydrogen-bond acceptors (Lipinski definition) is 5. The van der Waals surface area contributed by atoms with Crippen molar-refractivity contribution in [1.82, 2.24) is 5.32 Å². The second-order valence-electron chi connectivity index (χ2n) is 5.55. The van der Waals surface area contributed by atoms with Crippen LogP contribution in [0, 0.1) is 0 Å². The molecule has 0 aliphatic carbocycles. The SMILES string of the molecule is O=C([O-])CC[C@@H](NC(=O)C(c1ccccc1)c1ccccc1)C(=O)[O-]. The van der Waals surface area contributed by atoms with Gasteiger partial charge in [-0.15, -0.1) is 0 Å². The topological polar surface area (TPSA) is 109 Å². The van der Waals surface area contributed by atoms with E-state index in [0.717, 1.165) is 0 Å². The predicted molar refractivity (Wildman–Crippen MR) is 85.9 cm³/mol. The van der Waals surface area contributed by atoms with Crippen LogP contribution < -0.4 is 15.5 Å². The van der Waals surface area contributed by atoms with E-state index in [-0.39, 0.29) is 6.42 Å². The molecule has 130 valence electrons. The van der Waals surface area contributed by atoms with Gasteiger partial charge in [0.2, 0.25) is 5.91 Å². The molecule has 2 aromatic carbocycles. The average Bonchev–Trinajstić information content (AvgIpc) is 2.60. The summed E-state index contributed by atoms with van der Waals surface area (Å²) in [6.45, 7) is 0. The number of amides is 1. The summed E-state index contributed by atoms with van der Waals surface area (Å²) in [4.78, 5) is 34.5. The number of hydrogen-bond donors (Lipinski definition) is 1. The van der Waals surface area contributed by atoms with E-state index >= 15 is 0 Å². The molecule has 6 nitrogen and oxygen atoms in total. The molecule has 0 aliphatic rings. The Morgan fingerprint density at radius 1 is 0.840 bits per heavy atom. The van der Waals surface area contributed by atoms with Crippen molar-refractivity contribution in [3.63, 3.8) is 0 Å². The fourth-order valence-electron chi connectivity index (χ4n) is 2.55. The summed E-state index contributed by atoms with van der Waals surface area (Å²) in [6.07, 6.45) is -0.785. The molecule has 0 heterocycles. The maximum atomic E-state index is 12.7. The van der Waals surface area contributed by atoms with E-state index < -0.39 is 36.2 Å². The van der Waals surface area contributed by atoms with E-state index in [2.05, 4.69) is 5.32 Å². The van der Waals surface area contributed by atoms with Crippen LogP contribution in [0.2, 0.25) is 0 Å². The summed E-state index contributed by atoms with van der Waals surface area (Å²) in [5, 5.41) is 24.1. The number of rotatable bonds is 8. The summed E-state index contributed by atoms with van der Waals surface area (Å²) in [5.74, 6) is -4.17. The number of carboxylic acid groups (broad SMARTS) is 2. The van der Waals surface area contributed by atoms with E-state index in [1.165, 1.54) is 0 Å². The Morgan fingerprint density at radius 2 is 1.32 bits per heavy atom. The molecule has 0 aromatic heterocycles. The van der Waals surface area contributed by atoms with Gasteiger partial charge in [0.1, 0.15) is 0 Å². The second kappa shape index (κ2) is 8.63. The number of benzene rings is 2. The minimum Gasteiger partial charge on any atom is -0.550 e. The monoisotopic (exact) mass is 339 g/mol. The summed E-state index contributed by atoms with van der Waals surface area (Å²) >= 11 is 0. The van der Waals surface area contributed by atoms with Gasteiger partial charge >= 0.3 is 0 Å². The van der Waals surface area contributed by atoms with Gasteiger partial charge < -0.3 is 25.1 Å². The fraction of sp³-hybridized carbons (Fsp3) is 0.211. The Morgan fingerprint density at radius 3 is 1.72 bits per heavy atom. The Labute approximate surface area is 145 Å². The third-order valence-corrected chi connectivity index (χ3v) is 3.77. The van der Waals surface area contributed by atoms with E-state index in [1.807, 2.05) is 12.1 Å². The molecule has 0 unspecified atom stereocenters. The van der Waals surface area contributed by atoms with Crippen LogP contribution in [-0.2, 0) is 14.4 Å². The summed E-state index contributed by atoms with van der Waals surface area (Å²) in [7, 11) is 0. The lowest BCUT2D eigenvalue weighted by Crippen LogP contribution is -2.49. The van der Waals surface area contributed by atoms with Crippen LogP contribution in [0.5, 0.6) is 0 Å². The molecule has 25 heavy (non-hydrogen) atoms. The Hall–Kier alpha value is -3.15. The smallest absolute Gasteiger partial charge is 0.232 e. The van der Waals surface area contributed by atoms with Crippen molar-refractivity contribution in [1.29, 1.82) is 0 Å². The highest BCUT2D eigenvalue weighted by Gasteiger charge is 2.25. The third-order valence-electron chi connectivity index (χ3n) is 3.77. The van der Waals surface area contributed by atoms with Crippen LogP contribution in [0.4, 0.5) is 0 Å². The summed E-state index contributed by atoms with van der Waals surface area (Å²) in [6, 6.07) is 16.4. The number of aliphatic carboxylic acids is 2. The Kier molecular flexibility index (Phi) is 6.28. The first-order chi connectivity index (χ1) is 12.0. The first-order valence-electron chi connectivity index (χ1n) is 7.80. The van der Waals surface area contributed by atoms with Crippen molar-refractivity contribution in [3.8, 4) is 0 Å².